The minimum atomic E-state index is -0.0980. The molecule has 104 valence electrons. The Balaban J connectivity index is 1.94. The zero-order chi connectivity index (χ0) is 14.5. The Kier molecular flexibility index (Phi) is 4.99. The molecule has 0 aliphatic heterocycles. The molecule has 0 bridgehead atoms. The average molecular weight is 309 g/mol. The van der Waals surface area contributed by atoms with Gasteiger partial charge in [-0.05, 0) is 37.1 Å². The molecular weight excluding hydrogens is 295 g/mol. The van der Waals surface area contributed by atoms with Gasteiger partial charge in [-0.3, -0.25) is 4.79 Å². The van der Waals surface area contributed by atoms with Crippen LogP contribution in [0, 0.1) is 6.92 Å². The number of pyridine rings is 1. The second-order valence-corrected chi connectivity index (χ2v) is 5.21. The zero-order valence-electron chi connectivity index (χ0n) is 11.0. The number of nitrogens with zero attached hydrogens (tertiary/aromatic N) is 1. The summed E-state index contributed by atoms with van der Waals surface area (Å²) in [5.41, 5.74) is 1.73. The molecule has 1 heterocycles. The highest BCUT2D eigenvalue weighted by atomic mass is 35.5. The van der Waals surface area contributed by atoms with Gasteiger partial charge in [0.05, 0.1) is 10.0 Å². The largest absolute Gasteiger partial charge is 0.311 e. The number of halogens is 2. The maximum atomic E-state index is 11.9. The third-order valence-electron chi connectivity index (χ3n) is 2.81. The van der Waals surface area contributed by atoms with Crippen molar-refractivity contribution in [2.24, 2.45) is 0 Å². The number of rotatable bonds is 4. The van der Waals surface area contributed by atoms with E-state index in [1.807, 2.05) is 31.2 Å². The Morgan fingerprint density at radius 1 is 1.20 bits per heavy atom. The van der Waals surface area contributed by atoms with Gasteiger partial charge in [0.2, 0.25) is 5.91 Å². The van der Waals surface area contributed by atoms with E-state index in [2.05, 4.69) is 10.3 Å². The van der Waals surface area contributed by atoms with Gasteiger partial charge >= 0.3 is 0 Å². The van der Waals surface area contributed by atoms with Gasteiger partial charge in [-0.15, -0.1) is 0 Å². The number of carbonyl (C=O) groups is 1. The van der Waals surface area contributed by atoms with E-state index in [1.165, 1.54) is 0 Å². The number of hydrogen-bond donors (Lipinski definition) is 1. The first-order valence-corrected chi connectivity index (χ1v) is 6.98. The molecule has 5 heteroatoms. The maximum Gasteiger partial charge on any atom is 0.225 e. The van der Waals surface area contributed by atoms with Crippen LogP contribution < -0.4 is 5.32 Å². The van der Waals surface area contributed by atoms with Gasteiger partial charge in [0.1, 0.15) is 5.82 Å². The Morgan fingerprint density at radius 2 is 1.95 bits per heavy atom. The van der Waals surface area contributed by atoms with E-state index in [0.717, 1.165) is 11.3 Å². The Bertz CT molecular complexity index is 629. The third-order valence-corrected chi connectivity index (χ3v) is 3.67. The Morgan fingerprint density at radius 3 is 2.70 bits per heavy atom. The monoisotopic (exact) mass is 308 g/mol. The van der Waals surface area contributed by atoms with Gasteiger partial charge < -0.3 is 5.32 Å². The van der Waals surface area contributed by atoms with Crippen molar-refractivity contribution in [2.75, 3.05) is 5.32 Å². The maximum absolute atomic E-state index is 11.9. The van der Waals surface area contributed by atoms with Gasteiger partial charge in [0.25, 0.3) is 0 Å². The molecule has 20 heavy (non-hydrogen) atoms. The molecule has 1 amide bonds. The van der Waals surface area contributed by atoms with Crippen LogP contribution in [-0.2, 0) is 11.2 Å². The molecule has 0 spiro atoms. The van der Waals surface area contributed by atoms with Gasteiger partial charge in [0.15, 0.2) is 0 Å². The fraction of sp³-hybridized carbons (Fsp3) is 0.200. The van der Waals surface area contributed by atoms with E-state index < -0.39 is 0 Å². The van der Waals surface area contributed by atoms with Crippen LogP contribution in [0.25, 0.3) is 0 Å². The van der Waals surface area contributed by atoms with Crippen molar-refractivity contribution in [1.29, 1.82) is 0 Å². The van der Waals surface area contributed by atoms with Crippen LogP contribution in [0.2, 0.25) is 10.0 Å². The van der Waals surface area contributed by atoms with Crippen LogP contribution in [-0.4, -0.2) is 10.9 Å². The molecule has 1 N–H and O–H groups in total. The lowest BCUT2D eigenvalue weighted by molar-refractivity contribution is -0.116. The van der Waals surface area contributed by atoms with E-state index in [9.17, 15) is 4.79 Å². The van der Waals surface area contributed by atoms with Gasteiger partial charge in [-0.1, -0.05) is 41.4 Å². The van der Waals surface area contributed by atoms with Crippen molar-refractivity contribution in [2.45, 2.75) is 19.8 Å². The molecule has 0 radical (unpaired) electrons. The van der Waals surface area contributed by atoms with Crippen molar-refractivity contribution in [3.8, 4) is 0 Å². The molecule has 0 aliphatic carbocycles. The first kappa shape index (κ1) is 14.8. The fourth-order valence-electron chi connectivity index (χ4n) is 1.81. The zero-order valence-corrected chi connectivity index (χ0v) is 12.5. The summed E-state index contributed by atoms with van der Waals surface area (Å²) in [6.45, 7) is 1.88. The van der Waals surface area contributed by atoms with E-state index in [1.54, 1.807) is 12.1 Å². The third kappa shape index (κ3) is 3.95. The highest BCUT2D eigenvalue weighted by Crippen LogP contribution is 2.26. The van der Waals surface area contributed by atoms with Crippen molar-refractivity contribution < 1.29 is 4.79 Å². The summed E-state index contributed by atoms with van der Waals surface area (Å²) >= 11 is 12.0. The van der Waals surface area contributed by atoms with E-state index >= 15 is 0 Å². The fourth-order valence-corrected chi connectivity index (χ4v) is 2.22. The molecule has 0 atom stereocenters. The summed E-state index contributed by atoms with van der Waals surface area (Å²) in [7, 11) is 0. The molecule has 1 aromatic heterocycles. The number of aromatic nitrogens is 1. The number of anilines is 1. The van der Waals surface area contributed by atoms with E-state index in [0.29, 0.717) is 28.7 Å². The highest BCUT2D eigenvalue weighted by molar-refractivity contribution is 6.42. The molecule has 3 nitrogen and oxygen atoms in total. The van der Waals surface area contributed by atoms with Crippen LogP contribution in [0.3, 0.4) is 0 Å². The Labute approximate surface area is 127 Å². The molecule has 0 saturated carbocycles. The molecule has 0 fully saturated rings. The van der Waals surface area contributed by atoms with Crippen LogP contribution in [0.1, 0.15) is 17.7 Å². The SMILES string of the molecule is Cc1cccc(NC(=O)CCc2cccc(Cl)c2Cl)n1. The number of nitrogens with one attached hydrogen (secondary N) is 1. The summed E-state index contributed by atoms with van der Waals surface area (Å²) in [6.07, 6.45) is 0.868. The molecule has 2 rings (SSSR count). The first-order chi connectivity index (χ1) is 9.56. The Hall–Kier alpha value is -1.58. The van der Waals surface area contributed by atoms with Crippen LogP contribution in [0.5, 0.6) is 0 Å². The topological polar surface area (TPSA) is 42.0 Å². The summed E-state index contributed by atoms with van der Waals surface area (Å²) in [5.74, 6) is 0.464. The second kappa shape index (κ2) is 6.73. The quantitative estimate of drug-likeness (QED) is 0.916. The summed E-state index contributed by atoms with van der Waals surface area (Å²) in [6, 6.07) is 10.9. The predicted molar refractivity (Wildman–Crippen MR) is 82.4 cm³/mol. The minimum Gasteiger partial charge on any atom is -0.311 e. The first-order valence-electron chi connectivity index (χ1n) is 6.22. The van der Waals surface area contributed by atoms with E-state index in [-0.39, 0.29) is 5.91 Å². The number of hydrogen-bond acceptors (Lipinski definition) is 2. The van der Waals surface area contributed by atoms with Crippen LogP contribution in [0.15, 0.2) is 36.4 Å². The van der Waals surface area contributed by atoms with Crippen LogP contribution in [0.4, 0.5) is 5.82 Å². The molecule has 1 aromatic carbocycles. The summed E-state index contributed by atoms with van der Waals surface area (Å²) in [5, 5.41) is 3.78. The second-order valence-electron chi connectivity index (χ2n) is 4.43. The van der Waals surface area contributed by atoms with Crippen molar-refractivity contribution in [3.63, 3.8) is 0 Å². The normalized spacial score (nSPS) is 10.3. The summed E-state index contributed by atoms with van der Waals surface area (Å²) in [4.78, 5) is 16.1. The van der Waals surface area contributed by atoms with E-state index in [4.69, 9.17) is 23.2 Å². The lowest BCUT2D eigenvalue weighted by atomic mass is 10.1. The summed E-state index contributed by atoms with van der Waals surface area (Å²) < 4.78 is 0. The molecule has 0 unspecified atom stereocenters. The van der Waals surface area contributed by atoms with Crippen molar-refractivity contribution >= 4 is 34.9 Å². The number of amides is 1. The number of carbonyl (C=O) groups excluding carboxylic acids is 1. The number of aryl methyl sites for hydroxylation is 2. The van der Waals surface area contributed by atoms with Crippen LogP contribution >= 0.6 is 23.2 Å². The highest BCUT2D eigenvalue weighted by Gasteiger charge is 2.08. The van der Waals surface area contributed by atoms with Crippen molar-refractivity contribution in [1.82, 2.24) is 4.98 Å². The molecule has 2 aromatic rings. The van der Waals surface area contributed by atoms with Gasteiger partial charge in [-0.25, -0.2) is 4.98 Å². The smallest absolute Gasteiger partial charge is 0.225 e. The molecule has 0 saturated heterocycles. The lowest BCUT2D eigenvalue weighted by Crippen LogP contribution is -2.13. The molecular formula is C15H14Cl2N2O. The van der Waals surface area contributed by atoms with Gasteiger partial charge in [0, 0.05) is 12.1 Å². The lowest BCUT2D eigenvalue weighted by Gasteiger charge is -2.07. The molecule has 0 aliphatic rings. The van der Waals surface area contributed by atoms with Gasteiger partial charge in [-0.2, -0.15) is 0 Å². The average Bonchev–Trinajstić information content (AvgIpc) is 2.40. The standard InChI is InChI=1S/C15H14Cl2N2O/c1-10-4-2-7-13(18-10)19-14(20)9-8-11-5-3-6-12(16)15(11)17/h2-7H,8-9H2,1H3,(H,18,19,20). The number of benzene rings is 1. The predicted octanol–water partition coefficient (Wildman–Crippen LogP) is 4.27. The van der Waals surface area contributed by atoms with Crippen molar-refractivity contribution in [3.05, 3.63) is 57.7 Å². The minimum absolute atomic E-state index is 0.0980.